The smallest absolute Gasteiger partial charge is 0.227 e. The summed E-state index contributed by atoms with van der Waals surface area (Å²) >= 11 is 0. The van der Waals surface area contributed by atoms with E-state index < -0.39 is 0 Å². The summed E-state index contributed by atoms with van der Waals surface area (Å²) in [5.41, 5.74) is 4.75. The first kappa shape index (κ1) is 26.7. The lowest BCUT2D eigenvalue weighted by molar-refractivity contribution is -0.0327. The Morgan fingerprint density at radius 3 is 2.55 bits per heavy atom. The molecule has 3 aliphatic rings. The second-order valence-corrected chi connectivity index (χ2v) is 11.2. The molecular formula is C30H39N9O. The zero-order valence-electron chi connectivity index (χ0n) is 23.8. The van der Waals surface area contributed by atoms with Gasteiger partial charge in [0.25, 0.3) is 0 Å². The first-order chi connectivity index (χ1) is 19.5. The summed E-state index contributed by atoms with van der Waals surface area (Å²) in [6.45, 7) is 16.6. The van der Waals surface area contributed by atoms with E-state index in [0.29, 0.717) is 5.56 Å². The third-order valence-corrected chi connectivity index (χ3v) is 8.42. The van der Waals surface area contributed by atoms with E-state index in [9.17, 15) is 5.26 Å². The van der Waals surface area contributed by atoms with Crippen LogP contribution in [0.15, 0.2) is 30.5 Å². The number of ether oxygens (including phenoxy) is 1. The predicted octanol–water partition coefficient (Wildman–Crippen LogP) is 2.34. The molecule has 0 spiro atoms. The Kier molecular flexibility index (Phi) is 7.69. The molecule has 3 aliphatic heterocycles. The molecule has 10 nitrogen and oxygen atoms in total. The zero-order valence-corrected chi connectivity index (χ0v) is 23.8. The Labute approximate surface area is 236 Å². The number of aryl methyl sites for hydroxylation is 1. The molecule has 1 N–H and O–H groups in total. The lowest BCUT2D eigenvalue weighted by atomic mass is 10.1. The minimum atomic E-state index is 0.111. The van der Waals surface area contributed by atoms with Gasteiger partial charge >= 0.3 is 0 Å². The molecule has 3 saturated heterocycles. The van der Waals surface area contributed by atoms with Crippen molar-refractivity contribution in [3.63, 3.8) is 0 Å². The van der Waals surface area contributed by atoms with Crippen LogP contribution in [0, 0.1) is 25.2 Å². The molecule has 1 aromatic carbocycles. The van der Waals surface area contributed by atoms with Crippen LogP contribution in [-0.2, 0) is 4.74 Å². The van der Waals surface area contributed by atoms with Crippen LogP contribution in [0.5, 0.6) is 0 Å². The molecule has 10 heteroatoms. The third kappa shape index (κ3) is 5.42. The molecule has 2 aromatic heterocycles. The van der Waals surface area contributed by atoms with Gasteiger partial charge in [-0.3, -0.25) is 9.88 Å². The molecule has 0 aliphatic carbocycles. The number of fused-ring (bicyclic) bond motifs is 1. The number of anilines is 3. The maximum absolute atomic E-state index is 9.55. The number of morpholine rings is 1. The Balaban J connectivity index is 1.12. The number of nitrogens with zero attached hydrogens (tertiary/aromatic N) is 8. The van der Waals surface area contributed by atoms with Gasteiger partial charge < -0.3 is 24.8 Å². The molecule has 0 saturated carbocycles. The number of hydrogen-bond donors (Lipinski definition) is 1. The van der Waals surface area contributed by atoms with Crippen LogP contribution in [0.4, 0.5) is 17.5 Å². The van der Waals surface area contributed by atoms with Crippen LogP contribution in [0.25, 0.3) is 10.9 Å². The Bertz CT molecular complexity index is 1390. The molecule has 2 atom stereocenters. The summed E-state index contributed by atoms with van der Waals surface area (Å²) in [5.74, 6) is 1.94. The van der Waals surface area contributed by atoms with Crippen LogP contribution in [0.1, 0.15) is 23.7 Å². The Morgan fingerprint density at radius 1 is 0.975 bits per heavy atom. The van der Waals surface area contributed by atoms with Crippen molar-refractivity contribution in [2.75, 3.05) is 86.7 Å². The van der Waals surface area contributed by atoms with Crippen LogP contribution in [0.3, 0.4) is 0 Å². The number of nitriles is 1. The monoisotopic (exact) mass is 541 g/mol. The fourth-order valence-electron chi connectivity index (χ4n) is 6.21. The third-order valence-electron chi connectivity index (χ3n) is 8.42. The van der Waals surface area contributed by atoms with Crippen molar-refractivity contribution in [3.8, 4) is 6.07 Å². The average molecular weight is 542 g/mol. The van der Waals surface area contributed by atoms with Crippen LogP contribution in [0.2, 0.25) is 0 Å². The standard InChI is InChI=1S/C30H39N9O/c1-21-18-39(27-7-6-24(17-31)28-26(27)5-4-8-33-28)20-25(40-21)19-36-13-15-37(16-14-36)29-22(2)23(3)34-30(35-29)38-11-9-32-10-12-38/h4-8,21,25,32H,9-16,18-20H2,1-3H3/t21-,25+/m1/s1. The fourth-order valence-corrected chi connectivity index (χ4v) is 6.21. The number of benzene rings is 1. The predicted molar refractivity (Wildman–Crippen MR) is 158 cm³/mol. The number of hydrogen-bond acceptors (Lipinski definition) is 10. The van der Waals surface area contributed by atoms with Gasteiger partial charge in [-0.15, -0.1) is 0 Å². The summed E-state index contributed by atoms with van der Waals surface area (Å²) in [6, 6.07) is 10.3. The molecule has 3 aromatic rings. The second kappa shape index (κ2) is 11.5. The minimum absolute atomic E-state index is 0.111. The number of rotatable bonds is 5. The first-order valence-corrected chi connectivity index (χ1v) is 14.5. The van der Waals surface area contributed by atoms with Crippen LogP contribution >= 0.6 is 0 Å². The van der Waals surface area contributed by atoms with Crippen molar-refractivity contribution in [1.29, 1.82) is 5.26 Å². The molecular weight excluding hydrogens is 502 g/mol. The number of piperazine rings is 2. The lowest BCUT2D eigenvalue weighted by Crippen LogP contribution is -2.54. The number of pyridine rings is 1. The highest BCUT2D eigenvalue weighted by molar-refractivity contribution is 5.95. The molecule has 0 unspecified atom stereocenters. The van der Waals surface area contributed by atoms with Gasteiger partial charge in [0.2, 0.25) is 5.95 Å². The highest BCUT2D eigenvalue weighted by Crippen LogP contribution is 2.31. The van der Waals surface area contributed by atoms with E-state index in [1.54, 1.807) is 6.20 Å². The SMILES string of the molecule is Cc1nc(N2CCNCC2)nc(N2CCN(C[C@H]3CN(c4ccc(C#N)c5ncccc45)C[C@@H](C)O3)CC2)c1C. The van der Waals surface area contributed by atoms with Gasteiger partial charge in [-0.05, 0) is 45.0 Å². The highest BCUT2D eigenvalue weighted by atomic mass is 16.5. The van der Waals surface area contributed by atoms with Gasteiger partial charge in [0.05, 0.1) is 23.3 Å². The van der Waals surface area contributed by atoms with Gasteiger partial charge in [-0.2, -0.15) is 10.2 Å². The molecule has 0 bridgehead atoms. The molecule has 5 heterocycles. The summed E-state index contributed by atoms with van der Waals surface area (Å²) in [5, 5.41) is 14.0. The topological polar surface area (TPSA) is 96.7 Å². The number of aromatic nitrogens is 3. The van der Waals surface area contributed by atoms with E-state index in [1.807, 2.05) is 12.1 Å². The zero-order chi connectivity index (χ0) is 27.6. The van der Waals surface area contributed by atoms with E-state index >= 15 is 0 Å². The summed E-state index contributed by atoms with van der Waals surface area (Å²) in [4.78, 5) is 24.0. The van der Waals surface area contributed by atoms with E-state index in [-0.39, 0.29) is 12.2 Å². The van der Waals surface area contributed by atoms with Crippen molar-refractivity contribution in [1.82, 2.24) is 25.2 Å². The van der Waals surface area contributed by atoms with Crippen molar-refractivity contribution in [2.24, 2.45) is 0 Å². The van der Waals surface area contributed by atoms with Crippen LogP contribution < -0.4 is 20.0 Å². The molecule has 210 valence electrons. The van der Waals surface area contributed by atoms with Crippen molar-refractivity contribution in [2.45, 2.75) is 33.0 Å². The number of nitrogens with one attached hydrogen (secondary N) is 1. The largest absolute Gasteiger partial charge is 0.370 e. The van der Waals surface area contributed by atoms with Crippen molar-refractivity contribution in [3.05, 3.63) is 47.3 Å². The normalized spacial score (nSPS) is 22.5. The molecule has 3 fully saturated rings. The first-order valence-electron chi connectivity index (χ1n) is 14.5. The van der Waals surface area contributed by atoms with Crippen LogP contribution in [-0.4, -0.2) is 104 Å². The maximum atomic E-state index is 9.55. The van der Waals surface area contributed by atoms with Crippen molar-refractivity contribution < 1.29 is 4.74 Å². The van der Waals surface area contributed by atoms with Gasteiger partial charge in [0.15, 0.2) is 0 Å². The quantitative estimate of drug-likeness (QED) is 0.518. The Morgan fingerprint density at radius 2 is 1.77 bits per heavy atom. The van der Waals surface area contributed by atoms with E-state index in [1.165, 1.54) is 5.56 Å². The highest BCUT2D eigenvalue weighted by Gasteiger charge is 2.30. The summed E-state index contributed by atoms with van der Waals surface area (Å²) in [6.07, 6.45) is 1.99. The molecule has 40 heavy (non-hydrogen) atoms. The fraction of sp³-hybridized carbons (Fsp3) is 0.533. The average Bonchev–Trinajstić information content (AvgIpc) is 2.98. The van der Waals surface area contributed by atoms with Gasteiger partial charge in [0.1, 0.15) is 11.9 Å². The van der Waals surface area contributed by atoms with E-state index in [2.05, 4.69) is 68.9 Å². The Hall–Kier alpha value is -3.52. The second-order valence-electron chi connectivity index (χ2n) is 11.2. The summed E-state index contributed by atoms with van der Waals surface area (Å²) < 4.78 is 6.43. The van der Waals surface area contributed by atoms with Gasteiger partial charge in [0, 0.05) is 101 Å². The maximum Gasteiger partial charge on any atom is 0.227 e. The molecule has 0 amide bonds. The summed E-state index contributed by atoms with van der Waals surface area (Å²) in [7, 11) is 0. The van der Waals surface area contributed by atoms with E-state index in [0.717, 1.165) is 106 Å². The van der Waals surface area contributed by atoms with Gasteiger partial charge in [-0.25, -0.2) is 4.98 Å². The van der Waals surface area contributed by atoms with Gasteiger partial charge in [-0.1, -0.05) is 0 Å². The van der Waals surface area contributed by atoms with Crippen molar-refractivity contribution >= 4 is 28.4 Å². The molecule has 6 rings (SSSR count). The van der Waals surface area contributed by atoms with E-state index in [4.69, 9.17) is 14.7 Å². The molecule has 0 radical (unpaired) electrons. The lowest BCUT2D eigenvalue weighted by Gasteiger charge is -2.42. The minimum Gasteiger partial charge on any atom is -0.370 e.